The maximum Gasteiger partial charge on any atom is 0.472 e. The molecule has 2 atom stereocenters. The zero-order valence-corrected chi connectivity index (χ0v) is 50.2. The van der Waals surface area contributed by atoms with E-state index in [4.69, 9.17) is 24.3 Å². The molecule has 0 heterocycles. The van der Waals surface area contributed by atoms with E-state index >= 15 is 0 Å². The van der Waals surface area contributed by atoms with Gasteiger partial charge in [0.05, 0.1) is 13.2 Å². The Bertz CT molecular complexity index is 1370. The predicted octanol–water partition coefficient (Wildman–Crippen LogP) is 20.5. The van der Waals surface area contributed by atoms with Gasteiger partial charge in [0, 0.05) is 19.4 Å². The number of hydrogen-bond donors (Lipinski definition) is 2. The second-order valence-electron chi connectivity index (χ2n) is 21.6. The molecule has 3 N–H and O–H groups in total. The van der Waals surface area contributed by atoms with Crippen molar-refractivity contribution in [1.29, 1.82) is 0 Å². The van der Waals surface area contributed by atoms with E-state index in [0.717, 1.165) is 64.2 Å². The van der Waals surface area contributed by atoms with Gasteiger partial charge in [-0.1, -0.05) is 306 Å². The summed E-state index contributed by atoms with van der Waals surface area (Å²) >= 11 is 0. The van der Waals surface area contributed by atoms with E-state index in [0.29, 0.717) is 6.42 Å². The Balaban J connectivity index is 3.88. The minimum Gasteiger partial charge on any atom is -0.462 e. The summed E-state index contributed by atoms with van der Waals surface area (Å²) in [7, 11) is -4.39. The van der Waals surface area contributed by atoms with Crippen molar-refractivity contribution in [1.82, 2.24) is 0 Å². The van der Waals surface area contributed by atoms with Crippen molar-refractivity contribution < 1.29 is 37.6 Å². The summed E-state index contributed by atoms with van der Waals surface area (Å²) in [6, 6.07) is 0. The predicted molar refractivity (Wildman–Crippen MR) is 321 cm³/mol. The van der Waals surface area contributed by atoms with Crippen molar-refractivity contribution in [3.05, 3.63) is 48.6 Å². The van der Waals surface area contributed by atoms with E-state index < -0.39 is 26.5 Å². The van der Waals surface area contributed by atoms with Gasteiger partial charge in [-0.25, -0.2) is 4.57 Å². The van der Waals surface area contributed by atoms with Gasteiger partial charge in [0.15, 0.2) is 6.10 Å². The maximum absolute atomic E-state index is 12.7. The summed E-state index contributed by atoms with van der Waals surface area (Å²) in [6.45, 7) is 3.69. The Morgan fingerprint density at radius 2 is 0.733 bits per heavy atom. The summed E-state index contributed by atoms with van der Waals surface area (Å²) in [5.41, 5.74) is 5.39. The quantitative estimate of drug-likeness (QED) is 0.0264. The highest BCUT2D eigenvalue weighted by Gasteiger charge is 2.26. The molecule has 75 heavy (non-hydrogen) atoms. The topological polar surface area (TPSA) is 134 Å². The lowest BCUT2D eigenvalue weighted by Crippen LogP contribution is -2.29. The SMILES string of the molecule is CC/C=C\C/C=C\C/C=C\C/C=C\CCCCCCCCCCCCCCCCC(=O)OC(COC(=O)CCCCCCCCCCCCCCCCCCCCCCCCCCCCC)COP(=O)(O)OCCN. The molecule has 0 aromatic carbocycles. The third-order valence-corrected chi connectivity index (χ3v) is 15.2. The van der Waals surface area contributed by atoms with Crippen LogP contribution >= 0.6 is 7.82 Å². The fraction of sp³-hybridized carbons (Fsp3) is 0.846. The molecule has 0 aromatic heterocycles. The molecule has 0 saturated carbocycles. The molecule has 0 spiro atoms. The third-order valence-electron chi connectivity index (χ3n) is 14.2. The summed E-state index contributed by atoms with van der Waals surface area (Å²) in [5, 5.41) is 0. The van der Waals surface area contributed by atoms with Crippen LogP contribution in [-0.4, -0.2) is 49.3 Å². The molecule has 0 saturated heterocycles. The number of allylic oxidation sites excluding steroid dienone is 8. The number of carbonyl (C=O) groups is 2. The van der Waals surface area contributed by atoms with Gasteiger partial charge in [-0.05, 0) is 51.4 Å². The molecule has 0 radical (unpaired) electrons. The van der Waals surface area contributed by atoms with Crippen molar-refractivity contribution in [3.8, 4) is 0 Å². The first kappa shape index (κ1) is 73.0. The van der Waals surface area contributed by atoms with Gasteiger partial charge in [0.1, 0.15) is 6.61 Å². The Kier molecular flexibility index (Phi) is 59.5. The monoisotopic (exact) mass is 1080 g/mol. The van der Waals surface area contributed by atoms with E-state index in [-0.39, 0.29) is 38.6 Å². The number of rotatable bonds is 61. The van der Waals surface area contributed by atoms with E-state index in [1.807, 2.05) is 0 Å². The zero-order chi connectivity index (χ0) is 54.5. The Hall–Kier alpha value is -2.03. The summed E-state index contributed by atoms with van der Waals surface area (Å²) < 4.78 is 33.1. The van der Waals surface area contributed by atoms with Crippen LogP contribution in [0.4, 0.5) is 0 Å². The van der Waals surface area contributed by atoms with Crippen LogP contribution in [0.25, 0.3) is 0 Å². The van der Waals surface area contributed by atoms with Crippen LogP contribution in [0.15, 0.2) is 48.6 Å². The number of hydrogen-bond acceptors (Lipinski definition) is 8. The van der Waals surface area contributed by atoms with Crippen LogP contribution in [-0.2, 0) is 32.7 Å². The molecule has 0 aliphatic rings. The highest BCUT2D eigenvalue weighted by Crippen LogP contribution is 2.43. The minimum absolute atomic E-state index is 0.0545. The number of esters is 2. The largest absolute Gasteiger partial charge is 0.472 e. The fourth-order valence-corrected chi connectivity index (χ4v) is 10.3. The van der Waals surface area contributed by atoms with E-state index in [1.54, 1.807) is 0 Å². The van der Waals surface area contributed by atoms with Crippen molar-refractivity contribution in [2.45, 2.75) is 328 Å². The molecule has 0 aliphatic heterocycles. The molecule has 10 heteroatoms. The number of carbonyl (C=O) groups excluding carboxylic acids is 2. The second-order valence-corrected chi connectivity index (χ2v) is 23.1. The zero-order valence-electron chi connectivity index (χ0n) is 49.3. The molecular weight excluding hydrogens is 954 g/mol. The number of phosphoric ester groups is 1. The lowest BCUT2D eigenvalue weighted by molar-refractivity contribution is -0.161. The molecule has 9 nitrogen and oxygen atoms in total. The summed E-state index contributed by atoms with van der Waals surface area (Å²) in [5.74, 6) is -0.811. The van der Waals surface area contributed by atoms with Crippen molar-refractivity contribution in [3.63, 3.8) is 0 Å². The normalized spacial score (nSPS) is 13.3. The number of nitrogens with two attached hydrogens (primary N) is 1. The van der Waals surface area contributed by atoms with Gasteiger partial charge >= 0.3 is 19.8 Å². The molecule has 440 valence electrons. The average Bonchev–Trinajstić information content (AvgIpc) is 3.40. The third kappa shape index (κ3) is 61.1. The Labute approximate surface area is 464 Å². The fourth-order valence-electron chi connectivity index (χ4n) is 9.51. The minimum atomic E-state index is -4.39. The van der Waals surface area contributed by atoms with Crippen molar-refractivity contribution in [2.24, 2.45) is 5.73 Å². The van der Waals surface area contributed by atoms with E-state index in [2.05, 4.69) is 62.5 Å². The smallest absolute Gasteiger partial charge is 0.462 e. The molecule has 0 aliphatic carbocycles. The summed E-state index contributed by atoms with van der Waals surface area (Å²) in [4.78, 5) is 35.3. The van der Waals surface area contributed by atoms with Gasteiger partial charge in [0.25, 0.3) is 0 Å². The molecule has 2 unspecified atom stereocenters. The average molecular weight is 1080 g/mol. The first-order chi connectivity index (χ1) is 36.8. The van der Waals surface area contributed by atoms with Crippen molar-refractivity contribution in [2.75, 3.05) is 26.4 Å². The first-order valence-electron chi connectivity index (χ1n) is 32.1. The van der Waals surface area contributed by atoms with E-state index in [1.165, 1.54) is 225 Å². The lowest BCUT2D eigenvalue weighted by Gasteiger charge is -2.19. The Morgan fingerprint density at radius 1 is 0.413 bits per heavy atom. The molecular formula is C65H122NO8P. The molecule has 0 rings (SSSR count). The standard InChI is InChI=1S/C65H122NO8P/c1-3-5-7-9-11-13-15-17-19-21-23-25-27-29-31-33-35-37-39-41-43-45-47-49-51-53-55-57-64(67)71-61-63(62-73-75(69,70)72-60-59-66)74-65(68)58-56-54-52-50-48-46-44-42-40-38-36-34-32-30-28-26-24-22-20-18-16-14-12-10-8-6-4-2/h6,8,12,14,18,20,24,26,63H,3-5,7,9-11,13,15-17,19,21-23,25,27-62,66H2,1-2H3,(H,69,70)/b8-6-,14-12-,20-18-,26-24-. The van der Waals surface area contributed by atoms with Gasteiger partial charge in [-0.3, -0.25) is 18.6 Å². The molecule has 0 fully saturated rings. The van der Waals surface area contributed by atoms with Crippen LogP contribution in [0.3, 0.4) is 0 Å². The molecule has 0 aromatic rings. The first-order valence-corrected chi connectivity index (χ1v) is 33.6. The van der Waals surface area contributed by atoms with Gasteiger partial charge in [0.2, 0.25) is 0 Å². The Morgan fingerprint density at radius 3 is 1.09 bits per heavy atom. The number of unbranched alkanes of at least 4 members (excludes halogenated alkanes) is 40. The number of ether oxygens (including phenoxy) is 2. The van der Waals surface area contributed by atoms with Crippen molar-refractivity contribution >= 4 is 19.8 Å². The molecule has 0 amide bonds. The van der Waals surface area contributed by atoms with Gasteiger partial charge < -0.3 is 20.1 Å². The lowest BCUT2D eigenvalue weighted by atomic mass is 10.0. The highest BCUT2D eigenvalue weighted by atomic mass is 31.2. The van der Waals surface area contributed by atoms with Crippen LogP contribution in [0.5, 0.6) is 0 Å². The van der Waals surface area contributed by atoms with Crippen LogP contribution in [0.1, 0.15) is 322 Å². The maximum atomic E-state index is 12.7. The van der Waals surface area contributed by atoms with E-state index in [9.17, 15) is 19.0 Å². The summed E-state index contributed by atoms with van der Waals surface area (Å²) in [6.07, 6.45) is 76.2. The highest BCUT2D eigenvalue weighted by molar-refractivity contribution is 7.47. The van der Waals surface area contributed by atoms with Crippen LogP contribution in [0.2, 0.25) is 0 Å². The second kappa shape index (κ2) is 61.2. The number of phosphoric acid groups is 1. The molecule has 0 bridgehead atoms. The van der Waals surface area contributed by atoms with Crippen LogP contribution in [0, 0.1) is 0 Å². The van der Waals surface area contributed by atoms with Gasteiger partial charge in [-0.2, -0.15) is 0 Å². The van der Waals surface area contributed by atoms with Crippen LogP contribution < -0.4 is 5.73 Å². The van der Waals surface area contributed by atoms with Gasteiger partial charge in [-0.15, -0.1) is 0 Å².